The smallest absolute Gasteiger partial charge is 0.165 e. The second kappa shape index (κ2) is 6.37. The number of rotatable bonds is 1. The molecule has 4 heterocycles. The first-order chi connectivity index (χ1) is 17.8. The molecule has 0 fully saturated rings. The molecule has 9 rings (SSSR count). The van der Waals surface area contributed by atoms with Crippen LogP contribution >= 0.6 is 0 Å². The molecule has 0 saturated carbocycles. The fraction of sp³-hybridized carbons (Fsp3) is 0. The van der Waals surface area contributed by atoms with Crippen LogP contribution in [0.2, 0.25) is 0 Å². The van der Waals surface area contributed by atoms with Crippen LogP contribution in [-0.4, -0.2) is 14.4 Å². The van der Waals surface area contributed by atoms with E-state index in [1.807, 2.05) is 18.2 Å². The van der Waals surface area contributed by atoms with Gasteiger partial charge in [-0.2, -0.15) is 0 Å². The van der Waals surface area contributed by atoms with Gasteiger partial charge in [-0.15, -0.1) is 0 Å². The third-order valence-corrected chi connectivity index (χ3v) is 7.50. The van der Waals surface area contributed by atoms with E-state index in [0.717, 1.165) is 66.1 Å². The molecule has 0 bridgehead atoms. The van der Waals surface area contributed by atoms with Gasteiger partial charge in [0.25, 0.3) is 0 Å². The van der Waals surface area contributed by atoms with Crippen molar-refractivity contribution in [2.45, 2.75) is 0 Å². The maximum atomic E-state index is 6.48. The van der Waals surface area contributed by atoms with Gasteiger partial charge >= 0.3 is 0 Å². The van der Waals surface area contributed by atoms with E-state index in [4.69, 9.17) is 14.4 Å². The topological polar surface area (TPSA) is 43.3 Å². The van der Waals surface area contributed by atoms with Gasteiger partial charge in [-0.25, -0.2) is 9.97 Å². The normalized spacial score (nSPS) is 12.4. The fourth-order valence-corrected chi connectivity index (χ4v) is 5.92. The number of nitrogens with zero attached hydrogens (tertiary/aromatic N) is 3. The molecule has 5 aromatic carbocycles. The summed E-state index contributed by atoms with van der Waals surface area (Å²) in [6, 6.07) is 35.8. The molecule has 4 heteroatoms. The van der Waals surface area contributed by atoms with Crippen molar-refractivity contribution in [2.24, 2.45) is 0 Å². The Morgan fingerprint density at radius 1 is 0.583 bits per heavy atom. The lowest BCUT2D eigenvalue weighted by molar-refractivity contribution is 0.673. The van der Waals surface area contributed by atoms with E-state index in [9.17, 15) is 0 Å². The van der Waals surface area contributed by atoms with E-state index in [0.29, 0.717) is 0 Å². The summed E-state index contributed by atoms with van der Waals surface area (Å²) in [5, 5.41) is 5.69. The number of hydrogen-bond acceptors (Lipinski definition) is 3. The Morgan fingerprint density at radius 3 is 2.31 bits per heavy atom. The standard InChI is InChI=1S/C32H17N3O/c1-2-8-18(9-3-1)19-14-15-24-25(16-19)34-32-29(33-24)28-30-22(20-10-4-6-12-26(20)35(30)32)17-23-21-11-5-7-13-27(21)36-31(23)28/h1-17H. The van der Waals surface area contributed by atoms with Gasteiger partial charge in [0, 0.05) is 21.5 Å². The SMILES string of the molecule is c1ccc(-c2ccc3nc4c5c6oc7ccccc7c6cc6c7ccccc7n(c4nc3c2)c65)cc1. The molecule has 166 valence electrons. The zero-order valence-corrected chi connectivity index (χ0v) is 19.1. The second-order valence-corrected chi connectivity index (χ2v) is 9.44. The van der Waals surface area contributed by atoms with E-state index < -0.39 is 0 Å². The summed E-state index contributed by atoms with van der Waals surface area (Å²) in [5.41, 5.74) is 9.83. The highest BCUT2D eigenvalue weighted by atomic mass is 16.3. The average molecular weight is 460 g/mol. The molecule has 0 aliphatic heterocycles. The van der Waals surface area contributed by atoms with Crippen molar-refractivity contribution in [1.29, 1.82) is 0 Å². The van der Waals surface area contributed by atoms with Gasteiger partial charge in [0.15, 0.2) is 5.65 Å². The third-order valence-electron chi connectivity index (χ3n) is 7.50. The minimum Gasteiger partial charge on any atom is -0.455 e. The second-order valence-electron chi connectivity index (χ2n) is 9.44. The molecule has 0 aliphatic carbocycles. The summed E-state index contributed by atoms with van der Waals surface area (Å²) in [6.45, 7) is 0. The lowest BCUT2D eigenvalue weighted by atomic mass is 10.0. The zero-order chi connectivity index (χ0) is 23.4. The number of para-hydroxylation sites is 2. The first kappa shape index (κ1) is 18.4. The van der Waals surface area contributed by atoms with Crippen LogP contribution in [0.4, 0.5) is 0 Å². The van der Waals surface area contributed by atoms with Crippen LogP contribution in [0.1, 0.15) is 0 Å². The molecule has 0 atom stereocenters. The van der Waals surface area contributed by atoms with Gasteiger partial charge in [-0.05, 0) is 41.5 Å². The van der Waals surface area contributed by atoms with E-state index in [2.05, 4.69) is 89.3 Å². The van der Waals surface area contributed by atoms with Crippen molar-refractivity contribution in [2.75, 3.05) is 0 Å². The van der Waals surface area contributed by atoms with Crippen molar-refractivity contribution in [3.8, 4) is 11.1 Å². The summed E-state index contributed by atoms with van der Waals surface area (Å²) >= 11 is 0. The quantitative estimate of drug-likeness (QED) is 0.248. The van der Waals surface area contributed by atoms with Gasteiger partial charge < -0.3 is 4.42 Å². The molecular formula is C32H17N3O. The number of aromatic nitrogens is 3. The van der Waals surface area contributed by atoms with Crippen molar-refractivity contribution >= 4 is 71.3 Å². The van der Waals surface area contributed by atoms with E-state index in [-0.39, 0.29) is 0 Å². The Morgan fingerprint density at radius 2 is 1.39 bits per heavy atom. The molecule has 0 amide bonds. The summed E-state index contributed by atoms with van der Waals surface area (Å²) in [7, 11) is 0. The highest BCUT2D eigenvalue weighted by Gasteiger charge is 2.24. The summed E-state index contributed by atoms with van der Waals surface area (Å²) in [5.74, 6) is 0. The number of fused-ring (bicyclic) bond motifs is 11. The molecular weight excluding hydrogens is 442 g/mol. The van der Waals surface area contributed by atoms with Gasteiger partial charge in [-0.3, -0.25) is 4.40 Å². The Kier molecular flexibility index (Phi) is 3.25. The van der Waals surface area contributed by atoms with Crippen LogP contribution in [0.25, 0.3) is 82.5 Å². The minimum atomic E-state index is 0.863. The molecule has 0 saturated heterocycles. The van der Waals surface area contributed by atoms with Gasteiger partial charge in [-0.1, -0.05) is 72.8 Å². The number of benzene rings is 5. The third kappa shape index (κ3) is 2.19. The molecule has 0 spiro atoms. The monoisotopic (exact) mass is 459 g/mol. The van der Waals surface area contributed by atoms with Crippen molar-refractivity contribution in [3.63, 3.8) is 0 Å². The van der Waals surface area contributed by atoms with E-state index in [1.165, 1.54) is 16.3 Å². The van der Waals surface area contributed by atoms with Gasteiger partial charge in [0.05, 0.1) is 27.5 Å². The fourth-order valence-electron chi connectivity index (χ4n) is 5.92. The van der Waals surface area contributed by atoms with Crippen molar-refractivity contribution in [3.05, 3.63) is 103 Å². The maximum absolute atomic E-state index is 6.48. The van der Waals surface area contributed by atoms with Crippen molar-refractivity contribution in [1.82, 2.24) is 14.4 Å². The first-order valence-electron chi connectivity index (χ1n) is 12.1. The molecule has 0 radical (unpaired) electrons. The highest BCUT2D eigenvalue weighted by Crippen LogP contribution is 2.44. The molecule has 36 heavy (non-hydrogen) atoms. The van der Waals surface area contributed by atoms with Crippen LogP contribution in [0, 0.1) is 0 Å². The van der Waals surface area contributed by atoms with Gasteiger partial charge in [0.2, 0.25) is 0 Å². The molecule has 0 unspecified atom stereocenters. The summed E-state index contributed by atoms with van der Waals surface area (Å²) < 4.78 is 8.74. The number of furan rings is 1. The van der Waals surface area contributed by atoms with E-state index >= 15 is 0 Å². The summed E-state index contributed by atoms with van der Waals surface area (Å²) in [4.78, 5) is 10.4. The Hall–Kier alpha value is -4.96. The molecule has 4 nitrogen and oxygen atoms in total. The lowest BCUT2D eigenvalue weighted by Gasteiger charge is -2.04. The minimum absolute atomic E-state index is 0.863. The first-order valence-corrected chi connectivity index (χ1v) is 12.1. The Balaban J connectivity index is 1.51. The zero-order valence-electron chi connectivity index (χ0n) is 19.1. The lowest BCUT2D eigenvalue weighted by Crippen LogP contribution is -1.90. The van der Waals surface area contributed by atoms with Crippen molar-refractivity contribution < 1.29 is 4.42 Å². The summed E-state index contributed by atoms with van der Waals surface area (Å²) in [6.07, 6.45) is 0. The largest absolute Gasteiger partial charge is 0.455 e. The molecule has 0 N–H and O–H groups in total. The predicted molar refractivity (Wildman–Crippen MR) is 147 cm³/mol. The maximum Gasteiger partial charge on any atom is 0.165 e. The van der Waals surface area contributed by atoms with Crippen LogP contribution in [0.5, 0.6) is 0 Å². The number of hydrogen-bond donors (Lipinski definition) is 0. The molecule has 4 aromatic heterocycles. The van der Waals surface area contributed by atoms with Crippen LogP contribution < -0.4 is 0 Å². The van der Waals surface area contributed by atoms with Crippen LogP contribution in [0.15, 0.2) is 108 Å². The van der Waals surface area contributed by atoms with Gasteiger partial charge in [0.1, 0.15) is 16.7 Å². The van der Waals surface area contributed by atoms with Crippen LogP contribution in [-0.2, 0) is 0 Å². The Bertz CT molecular complexity index is 2310. The molecule has 9 aromatic rings. The van der Waals surface area contributed by atoms with Crippen LogP contribution in [0.3, 0.4) is 0 Å². The Labute approximate surface area is 204 Å². The predicted octanol–water partition coefficient (Wildman–Crippen LogP) is 8.35. The average Bonchev–Trinajstić information content (AvgIpc) is 3.58. The van der Waals surface area contributed by atoms with E-state index in [1.54, 1.807) is 0 Å². The highest BCUT2D eigenvalue weighted by molar-refractivity contribution is 6.32. The molecule has 0 aliphatic rings.